The highest BCUT2D eigenvalue weighted by Crippen LogP contribution is 2.14. The molecule has 1 rings (SSSR count). The van der Waals surface area contributed by atoms with Gasteiger partial charge in [0, 0.05) is 37.8 Å². The Morgan fingerprint density at radius 2 is 2.07 bits per heavy atom. The summed E-state index contributed by atoms with van der Waals surface area (Å²) in [6, 6.07) is 3.41. The third kappa shape index (κ3) is 7.53. The standard InChI is InChI=1S/C20H31N5O2/c1-6-24(4)14-13-22-20(27)17-11-12-18(25(17)5)23-19(26)15(2)9-7-8-10-16(3)21/h7-9,11-12H,3,6,10,13-14,21H2,1-2,4-5H3,(H,22,27)(H,23,26)/b8-7-,15-9+. The summed E-state index contributed by atoms with van der Waals surface area (Å²) in [7, 11) is 3.74. The summed E-state index contributed by atoms with van der Waals surface area (Å²) in [5.41, 5.74) is 7.09. The number of nitrogens with two attached hydrogens (primary N) is 1. The van der Waals surface area contributed by atoms with E-state index in [9.17, 15) is 9.59 Å². The van der Waals surface area contributed by atoms with E-state index in [1.807, 2.05) is 13.1 Å². The summed E-state index contributed by atoms with van der Waals surface area (Å²) in [6.07, 6.45) is 5.87. The zero-order valence-corrected chi connectivity index (χ0v) is 16.7. The molecule has 0 aliphatic rings. The van der Waals surface area contributed by atoms with Crippen LogP contribution >= 0.6 is 0 Å². The van der Waals surface area contributed by atoms with Crippen LogP contribution in [0.3, 0.4) is 0 Å². The Morgan fingerprint density at radius 1 is 1.37 bits per heavy atom. The van der Waals surface area contributed by atoms with Gasteiger partial charge in [0.15, 0.2) is 0 Å². The first-order chi connectivity index (χ1) is 12.8. The third-order valence-electron chi connectivity index (χ3n) is 4.14. The van der Waals surface area contributed by atoms with E-state index in [2.05, 4.69) is 29.0 Å². The number of hydrogen-bond acceptors (Lipinski definition) is 4. The summed E-state index contributed by atoms with van der Waals surface area (Å²) in [5, 5.41) is 5.70. The summed E-state index contributed by atoms with van der Waals surface area (Å²) in [5.74, 6) is 0.159. The van der Waals surface area contributed by atoms with E-state index in [1.54, 1.807) is 42.8 Å². The highest BCUT2D eigenvalue weighted by Gasteiger charge is 2.14. The van der Waals surface area contributed by atoms with Crippen LogP contribution in [0.1, 0.15) is 30.8 Å². The average molecular weight is 374 g/mol. The lowest BCUT2D eigenvalue weighted by molar-refractivity contribution is -0.112. The lowest BCUT2D eigenvalue weighted by Crippen LogP contribution is -2.33. The second-order valence-corrected chi connectivity index (χ2v) is 6.41. The van der Waals surface area contributed by atoms with Gasteiger partial charge in [-0.15, -0.1) is 0 Å². The van der Waals surface area contributed by atoms with Crippen LogP contribution in [0, 0.1) is 0 Å². The largest absolute Gasteiger partial charge is 0.402 e. The molecule has 148 valence electrons. The van der Waals surface area contributed by atoms with Gasteiger partial charge in [0.05, 0.1) is 0 Å². The number of rotatable bonds is 10. The van der Waals surface area contributed by atoms with Crippen molar-refractivity contribution in [1.29, 1.82) is 0 Å². The van der Waals surface area contributed by atoms with Crippen molar-refractivity contribution in [3.05, 3.63) is 53.9 Å². The van der Waals surface area contributed by atoms with Crippen LogP contribution in [0.25, 0.3) is 0 Å². The van der Waals surface area contributed by atoms with Crippen molar-refractivity contribution in [2.45, 2.75) is 20.3 Å². The van der Waals surface area contributed by atoms with E-state index in [0.29, 0.717) is 35.7 Å². The molecule has 7 nitrogen and oxygen atoms in total. The number of nitrogens with one attached hydrogen (secondary N) is 2. The Hall–Kier alpha value is -2.80. The minimum absolute atomic E-state index is 0.167. The molecule has 0 spiro atoms. The summed E-state index contributed by atoms with van der Waals surface area (Å²) < 4.78 is 1.66. The third-order valence-corrected chi connectivity index (χ3v) is 4.14. The van der Waals surface area contributed by atoms with Crippen LogP contribution in [0.2, 0.25) is 0 Å². The Morgan fingerprint density at radius 3 is 2.70 bits per heavy atom. The molecular formula is C20H31N5O2. The average Bonchev–Trinajstić information content (AvgIpc) is 2.98. The predicted octanol–water partition coefficient (Wildman–Crippen LogP) is 2.01. The lowest BCUT2D eigenvalue weighted by Gasteiger charge is -2.14. The summed E-state index contributed by atoms with van der Waals surface area (Å²) >= 11 is 0. The van der Waals surface area contributed by atoms with E-state index in [1.165, 1.54) is 0 Å². The van der Waals surface area contributed by atoms with E-state index in [4.69, 9.17) is 5.73 Å². The van der Waals surface area contributed by atoms with E-state index >= 15 is 0 Å². The van der Waals surface area contributed by atoms with Gasteiger partial charge in [0.2, 0.25) is 0 Å². The molecule has 0 aliphatic carbocycles. The number of anilines is 1. The van der Waals surface area contributed by atoms with Crippen LogP contribution in [-0.2, 0) is 11.8 Å². The molecule has 0 aromatic carbocycles. The molecule has 27 heavy (non-hydrogen) atoms. The van der Waals surface area contributed by atoms with Crippen molar-refractivity contribution >= 4 is 17.6 Å². The van der Waals surface area contributed by atoms with Gasteiger partial charge in [-0.2, -0.15) is 0 Å². The van der Waals surface area contributed by atoms with Gasteiger partial charge < -0.3 is 25.8 Å². The molecule has 0 saturated heterocycles. The van der Waals surface area contributed by atoms with Gasteiger partial charge >= 0.3 is 0 Å². The molecule has 1 aromatic rings. The quantitative estimate of drug-likeness (QED) is 0.432. The maximum atomic E-state index is 12.3. The SMILES string of the molecule is C=C(N)C/C=C\C=C(/C)C(=O)Nc1ccc(C(=O)NCCN(C)CC)n1C. The molecule has 2 amide bonds. The topological polar surface area (TPSA) is 92.4 Å². The number of allylic oxidation sites excluding steroid dienone is 3. The monoisotopic (exact) mass is 373 g/mol. The molecule has 1 heterocycles. The molecule has 0 unspecified atom stereocenters. The number of nitrogens with zero attached hydrogens (tertiary/aromatic N) is 2. The van der Waals surface area contributed by atoms with Gasteiger partial charge in [-0.25, -0.2) is 0 Å². The van der Waals surface area contributed by atoms with Gasteiger partial charge in [-0.1, -0.05) is 31.7 Å². The minimum Gasteiger partial charge on any atom is -0.402 e. The first-order valence-electron chi connectivity index (χ1n) is 8.96. The van der Waals surface area contributed by atoms with E-state index < -0.39 is 0 Å². The Balaban J connectivity index is 2.66. The second-order valence-electron chi connectivity index (χ2n) is 6.41. The van der Waals surface area contributed by atoms with Gasteiger partial charge in [-0.3, -0.25) is 9.59 Å². The van der Waals surface area contributed by atoms with Crippen molar-refractivity contribution in [2.24, 2.45) is 12.8 Å². The van der Waals surface area contributed by atoms with Crippen LogP contribution in [0.4, 0.5) is 5.82 Å². The van der Waals surface area contributed by atoms with Crippen molar-refractivity contribution < 1.29 is 9.59 Å². The zero-order valence-electron chi connectivity index (χ0n) is 16.7. The molecule has 0 atom stereocenters. The number of likely N-dealkylation sites (N-methyl/N-ethyl adjacent to an activating group) is 1. The van der Waals surface area contributed by atoms with Crippen LogP contribution in [-0.4, -0.2) is 48.0 Å². The minimum atomic E-state index is -0.232. The number of aromatic nitrogens is 1. The summed E-state index contributed by atoms with van der Waals surface area (Å²) in [6.45, 7) is 9.68. The second kappa shape index (κ2) is 11.0. The first kappa shape index (κ1) is 22.2. The maximum Gasteiger partial charge on any atom is 0.267 e. The zero-order chi connectivity index (χ0) is 20.4. The number of amides is 2. The lowest BCUT2D eigenvalue weighted by atomic mass is 10.2. The predicted molar refractivity (Wildman–Crippen MR) is 110 cm³/mol. The van der Waals surface area contributed by atoms with Crippen molar-refractivity contribution in [2.75, 3.05) is 32.0 Å². The van der Waals surface area contributed by atoms with Gasteiger partial charge in [0.1, 0.15) is 11.5 Å². The Labute approximate surface area is 161 Å². The Bertz CT molecular complexity index is 731. The number of carbonyl (C=O) groups is 2. The van der Waals surface area contributed by atoms with Crippen molar-refractivity contribution in [3.63, 3.8) is 0 Å². The normalized spacial score (nSPS) is 11.8. The molecule has 0 aliphatic heterocycles. The summed E-state index contributed by atoms with van der Waals surface area (Å²) in [4.78, 5) is 26.7. The molecule has 0 bridgehead atoms. The van der Waals surface area contributed by atoms with E-state index in [-0.39, 0.29) is 11.8 Å². The maximum absolute atomic E-state index is 12.3. The fourth-order valence-electron chi connectivity index (χ4n) is 2.20. The smallest absolute Gasteiger partial charge is 0.267 e. The molecule has 4 N–H and O–H groups in total. The highest BCUT2D eigenvalue weighted by atomic mass is 16.2. The Kier molecular flexibility index (Phi) is 9.08. The van der Waals surface area contributed by atoms with Crippen LogP contribution in [0.5, 0.6) is 0 Å². The fraction of sp³-hybridized carbons (Fsp3) is 0.400. The molecule has 7 heteroatoms. The van der Waals surface area contributed by atoms with Crippen molar-refractivity contribution in [3.8, 4) is 0 Å². The highest BCUT2D eigenvalue weighted by molar-refractivity contribution is 6.03. The van der Waals surface area contributed by atoms with Crippen molar-refractivity contribution in [1.82, 2.24) is 14.8 Å². The molecular weight excluding hydrogens is 342 g/mol. The molecule has 1 aromatic heterocycles. The van der Waals surface area contributed by atoms with Gasteiger partial charge in [0.25, 0.3) is 11.8 Å². The molecule has 0 fully saturated rings. The van der Waals surface area contributed by atoms with E-state index in [0.717, 1.165) is 13.1 Å². The van der Waals surface area contributed by atoms with Gasteiger partial charge in [-0.05, 0) is 32.6 Å². The molecule has 0 radical (unpaired) electrons. The first-order valence-corrected chi connectivity index (χ1v) is 8.96. The van der Waals surface area contributed by atoms with Crippen LogP contribution < -0.4 is 16.4 Å². The number of carbonyl (C=O) groups excluding carboxylic acids is 2. The molecule has 0 saturated carbocycles. The fourth-order valence-corrected chi connectivity index (χ4v) is 2.20. The number of hydrogen-bond donors (Lipinski definition) is 3. The van der Waals surface area contributed by atoms with Crippen LogP contribution in [0.15, 0.2) is 48.2 Å².